The molecule has 17 heavy (non-hydrogen) atoms. The number of rotatable bonds is 2. The zero-order valence-electron chi connectivity index (χ0n) is 9.70. The van der Waals surface area contributed by atoms with Crippen LogP contribution in [0.4, 0.5) is 0 Å². The van der Waals surface area contributed by atoms with Crippen LogP contribution in [0.5, 0.6) is 0 Å². The van der Waals surface area contributed by atoms with Crippen molar-refractivity contribution in [3.05, 3.63) is 63.9 Å². The summed E-state index contributed by atoms with van der Waals surface area (Å²) in [5.74, 6) is -0.0268. The van der Waals surface area contributed by atoms with Gasteiger partial charge >= 0.3 is 0 Å². The second-order valence-electron chi connectivity index (χ2n) is 3.98. The smallest absolute Gasteiger partial charge is 0.193 e. The van der Waals surface area contributed by atoms with Gasteiger partial charge in [-0.05, 0) is 38.1 Å². The molecule has 1 aromatic carbocycles. The summed E-state index contributed by atoms with van der Waals surface area (Å²) in [6.45, 7) is 3.75. The molecule has 0 saturated heterocycles. The van der Waals surface area contributed by atoms with Crippen molar-refractivity contribution in [3.63, 3.8) is 0 Å². The number of nitrogens with zero attached hydrogens (tertiary/aromatic N) is 1. The Morgan fingerprint density at radius 3 is 2.29 bits per heavy atom. The molecule has 1 heterocycles. The minimum absolute atomic E-state index is 0.0268. The van der Waals surface area contributed by atoms with E-state index in [-0.39, 0.29) is 5.78 Å². The molecule has 0 aliphatic rings. The second-order valence-corrected chi connectivity index (χ2v) is 4.41. The van der Waals surface area contributed by atoms with Crippen LogP contribution in [0.1, 0.15) is 27.3 Å². The summed E-state index contributed by atoms with van der Waals surface area (Å²) in [6, 6.07) is 10.5. The van der Waals surface area contributed by atoms with Crippen molar-refractivity contribution in [2.45, 2.75) is 13.8 Å². The first-order chi connectivity index (χ1) is 8.06. The summed E-state index contributed by atoms with van der Waals surface area (Å²) in [7, 11) is 0. The van der Waals surface area contributed by atoms with Gasteiger partial charge in [0.25, 0.3) is 0 Å². The third-order valence-electron chi connectivity index (χ3n) is 2.43. The van der Waals surface area contributed by atoms with Gasteiger partial charge in [-0.2, -0.15) is 0 Å². The van der Waals surface area contributed by atoms with Gasteiger partial charge in [0.2, 0.25) is 0 Å². The highest BCUT2D eigenvalue weighted by Crippen LogP contribution is 2.16. The maximum absolute atomic E-state index is 12.2. The minimum atomic E-state index is -0.0268. The Balaban J connectivity index is 2.43. The van der Waals surface area contributed by atoms with E-state index in [0.29, 0.717) is 16.1 Å². The highest BCUT2D eigenvalue weighted by Gasteiger charge is 2.10. The van der Waals surface area contributed by atoms with Crippen LogP contribution >= 0.6 is 11.6 Å². The van der Waals surface area contributed by atoms with Gasteiger partial charge in [0.05, 0.1) is 0 Å². The third-order valence-corrected chi connectivity index (χ3v) is 2.67. The fourth-order valence-corrected chi connectivity index (χ4v) is 1.95. The lowest BCUT2D eigenvalue weighted by Crippen LogP contribution is -2.03. The van der Waals surface area contributed by atoms with Gasteiger partial charge < -0.3 is 0 Å². The molecule has 86 valence electrons. The molecule has 0 saturated carbocycles. The summed E-state index contributed by atoms with van der Waals surface area (Å²) < 4.78 is 0. The summed E-state index contributed by atoms with van der Waals surface area (Å²) in [4.78, 5) is 16.5. The van der Waals surface area contributed by atoms with Crippen molar-refractivity contribution < 1.29 is 4.79 Å². The summed E-state index contributed by atoms with van der Waals surface area (Å²) in [6.07, 6.45) is 0. The summed E-state index contributed by atoms with van der Waals surface area (Å²) in [5, 5.41) is 0.568. The van der Waals surface area contributed by atoms with Gasteiger partial charge in [-0.15, -0.1) is 0 Å². The zero-order valence-corrected chi connectivity index (χ0v) is 10.5. The molecule has 2 rings (SSSR count). The van der Waals surface area contributed by atoms with Gasteiger partial charge in [0.15, 0.2) is 5.78 Å². The Morgan fingerprint density at radius 2 is 1.71 bits per heavy atom. The number of benzene rings is 1. The van der Waals surface area contributed by atoms with Crippen LogP contribution in [-0.2, 0) is 0 Å². The van der Waals surface area contributed by atoms with Crippen molar-refractivity contribution in [1.82, 2.24) is 4.98 Å². The van der Waals surface area contributed by atoms with Crippen LogP contribution in [-0.4, -0.2) is 10.8 Å². The van der Waals surface area contributed by atoms with Gasteiger partial charge in [0.1, 0.15) is 0 Å². The molecule has 0 aliphatic heterocycles. The third kappa shape index (κ3) is 2.71. The zero-order chi connectivity index (χ0) is 12.4. The predicted molar refractivity (Wildman–Crippen MR) is 68.6 cm³/mol. The number of carbonyl (C=O) groups is 1. The van der Waals surface area contributed by atoms with Crippen molar-refractivity contribution in [3.8, 4) is 0 Å². The van der Waals surface area contributed by atoms with E-state index in [9.17, 15) is 4.79 Å². The first-order valence-electron chi connectivity index (χ1n) is 5.32. The Kier molecular flexibility index (Phi) is 3.25. The first kappa shape index (κ1) is 11.8. The first-order valence-corrected chi connectivity index (χ1v) is 5.69. The largest absolute Gasteiger partial charge is 0.289 e. The number of hydrogen-bond acceptors (Lipinski definition) is 2. The molecule has 0 atom stereocenters. The standard InChI is InChI=1S/C14H12ClNO/c1-9-6-12(7-10(2)16-9)14(17)11-4-3-5-13(15)8-11/h3-8H,1-2H3. The molecule has 1 aromatic heterocycles. The molecule has 0 amide bonds. The molecule has 0 bridgehead atoms. The van der Waals surface area contributed by atoms with Gasteiger partial charge in [-0.25, -0.2) is 0 Å². The van der Waals surface area contributed by atoms with Crippen LogP contribution < -0.4 is 0 Å². The maximum atomic E-state index is 12.2. The van der Waals surface area contributed by atoms with Crippen LogP contribution in [0.15, 0.2) is 36.4 Å². The van der Waals surface area contributed by atoms with Crippen molar-refractivity contribution in [1.29, 1.82) is 0 Å². The highest BCUT2D eigenvalue weighted by atomic mass is 35.5. The molecule has 0 N–H and O–H groups in total. The number of hydrogen-bond donors (Lipinski definition) is 0. The Bertz CT molecular complexity index is 558. The number of aromatic nitrogens is 1. The number of carbonyl (C=O) groups excluding carboxylic acids is 1. The topological polar surface area (TPSA) is 30.0 Å². The SMILES string of the molecule is Cc1cc(C(=O)c2cccc(Cl)c2)cc(C)n1. The number of aryl methyl sites for hydroxylation is 2. The molecule has 0 unspecified atom stereocenters. The lowest BCUT2D eigenvalue weighted by molar-refractivity contribution is 0.103. The highest BCUT2D eigenvalue weighted by molar-refractivity contribution is 6.31. The van der Waals surface area contributed by atoms with Gasteiger partial charge in [0, 0.05) is 27.5 Å². The maximum Gasteiger partial charge on any atom is 0.193 e. The lowest BCUT2D eigenvalue weighted by atomic mass is 10.0. The summed E-state index contributed by atoms with van der Waals surface area (Å²) in [5.41, 5.74) is 2.94. The molecular weight excluding hydrogens is 234 g/mol. The van der Waals surface area contributed by atoms with E-state index in [0.717, 1.165) is 11.4 Å². The number of pyridine rings is 1. The van der Waals surface area contributed by atoms with Crippen molar-refractivity contribution >= 4 is 17.4 Å². The molecule has 2 nitrogen and oxygen atoms in total. The minimum Gasteiger partial charge on any atom is -0.289 e. The number of ketones is 1. The van der Waals surface area contributed by atoms with E-state index in [4.69, 9.17) is 11.6 Å². The Labute approximate surface area is 105 Å². The average molecular weight is 246 g/mol. The van der Waals surface area contributed by atoms with Crippen LogP contribution in [0.2, 0.25) is 5.02 Å². The van der Waals surface area contributed by atoms with Gasteiger partial charge in [-0.3, -0.25) is 9.78 Å². The Hall–Kier alpha value is -1.67. The summed E-state index contributed by atoms with van der Waals surface area (Å²) >= 11 is 5.87. The molecule has 0 radical (unpaired) electrons. The van der Waals surface area contributed by atoms with E-state index < -0.39 is 0 Å². The molecular formula is C14H12ClNO. The van der Waals surface area contributed by atoms with E-state index in [2.05, 4.69) is 4.98 Å². The Morgan fingerprint density at radius 1 is 1.06 bits per heavy atom. The second kappa shape index (κ2) is 4.68. The van der Waals surface area contributed by atoms with Gasteiger partial charge in [-0.1, -0.05) is 23.7 Å². The average Bonchev–Trinajstić information content (AvgIpc) is 2.26. The van der Waals surface area contributed by atoms with E-state index in [1.807, 2.05) is 13.8 Å². The number of halogens is 1. The fraction of sp³-hybridized carbons (Fsp3) is 0.143. The molecule has 3 heteroatoms. The van der Waals surface area contributed by atoms with E-state index in [1.54, 1.807) is 36.4 Å². The monoisotopic (exact) mass is 245 g/mol. The predicted octanol–water partition coefficient (Wildman–Crippen LogP) is 3.58. The van der Waals surface area contributed by atoms with Crippen molar-refractivity contribution in [2.75, 3.05) is 0 Å². The molecule has 0 aliphatic carbocycles. The van der Waals surface area contributed by atoms with Crippen LogP contribution in [0, 0.1) is 13.8 Å². The lowest BCUT2D eigenvalue weighted by Gasteiger charge is -2.04. The molecule has 0 spiro atoms. The quantitative estimate of drug-likeness (QED) is 0.757. The van der Waals surface area contributed by atoms with Crippen LogP contribution in [0.25, 0.3) is 0 Å². The normalized spacial score (nSPS) is 10.3. The molecule has 2 aromatic rings. The fourth-order valence-electron chi connectivity index (χ4n) is 1.76. The van der Waals surface area contributed by atoms with Crippen LogP contribution in [0.3, 0.4) is 0 Å². The molecule has 0 fully saturated rings. The van der Waals surface area contributed by atoms with Crippen molar-refractivity contribution in [2.24, 2.45) is 0 Å². The van der Waals surface area contributed by atoms with E-state index in [1.165, 1.54) is 0 Å². The van der Waals surface area contributed by atoms with E-state index >= 15 is 0 Å².